The normalized spacial score (nSPS) is 10.5. The third-order valence-corrected chi connectivity index (χ3v) is 4.09. The van der Waals surface area contributed by atoms with Crippen molar-refractivity contribution >= 4 is 0 Å². The van der Waals surface area contributed by atoms with Crippen molar-refractivity contribution in [2.75, 3.05) is 0 Å². The van der Waals surface area contributed by atoms with Crippen LogP contribution < -0.4 is 0 Å². The van der Waals surface area contributed by atoms with Crippen molar-refractivity contribution in [3.8, 4) is 33.4 Å². The molecule has 0 radical (unpaired) electrons. The Kier molecular flexibility index (Phi) is 3.86. The maximum atomic E-state index is 4.09. The van der Waals surface area contributed by atoms with Crippen LogP contribution in [-0.2, 0) is 0 Å². The molecule has 0 aliphatic carbocycles. The summed E-state index contributed by atoms with van der Waals surface area (Å²) in [7, 11) is 0. The molecule has 0 aliphatic rings. The summed E-state index contributed by atoms with van der Waals surface area (Å²) >= 11 is 0. The lowest BCUT2D eigenvalue weighted by Gasteiger charge is -2.08. The quantitative estimate of drug-likeness (QED) is 0.501. The van der Waals surface area contributed by atoms with Crippen LogP contribution in [0.15, 0.2) is 97.6 Å². The molecular weight excluding hydrogens is 292 g/mol. The van der Waals surface area contributed by atoms with Gasteiger partial charge in [-0.05, 0) is 69.8 Å². The molecule has 0 amide bonds. The van der Waals surface area contributed by atoms with Crippen molar-refractivity contribution in [1.29, 1.82) is 0 Å². The maximum absolute atomic E-state index is 4.09. The minimum Gasteiger partial charge on any atom is -0.265 e. The van der Waals surface area contributed by atoms with Gasteiger partial charge in [0.25, 0.3) is 0 Å². The highest BCUT2D eigenvalue weighted by Crippen LogP contribution is 2.29. The molecule has 0 N–H and O–H groups in total. The second kappa shape index (κ2) is 6.47. The molecule has 114 valence electrons. The van der Waals surface area contributed by atoms with Gasteiger partial charge in [0, 0.05) is 24.8 Å². The first-order valence-electron chi connectivity index (χ1n) is 7.91. The SMILES string of the molecule is c1cc(-c2ccncc2)cc(-c2cccc(-c3ccncc3)c2)c1. The molecule has 0 aliphatic heterocycles. The third-order valence-electron chi connectivity index (χ3n) is 4.09. The fourth-order valence-corrected chi connectivity index (χ4v) is 2.85. The second-order valence-electron chi connectivity index (χ2n) is 5.63. The Morgan fingerprint density at radius 3 is 1.08 bits per heavy atom. The Hall–Kier alpha value is -3.26. The van der Waals surface area contributed by atoms with Crippen molar-refractivity contribution in [2.24, 2.45) is 0 Å². The van der Waals surface area contributed by atoms with E-state index in [9.17, 15) is 0 Å². The smallest absolute Gasteiger partial charge is 0.0273 e. The van der Waals surface area contributed by atoms with E-state index >= 15 is 0 Å². The van der Waals surface area contributed by atoms with Gasteiger partial charge >= 0.3 is 0 Å². The largest absolute Gasteiger partial charge is 0.265 e. The Morgan fingerprint density at radius 2 is 0.708 bits per heavy atom. The van der Waals surface area contributed by atoms with E-state index in [2.05, 4.69) is 58.5 Å². The summed E-state index contributed by atoms with van der Waals surface area (Å²) in [4.78, 5) is 8.18. The number of benzene rings is 2. The lowest BCUT2D eigenvalue weighted by atomic mass is 9.97. The molecule has 2 aromatic carbocycles. The molecule has 2 nitrogen and oxygen atoms in total. The van der Waals surface area contributed by atoms with E-state index in [1.54, 1.807) is 0 Å². The fraction of sp³-hybridized carbons (Fsp3) is 0. The fourth-order valence-electron chi connectivity index (χ4n) is 2.85. The highest BCUT2D eigenvalue weighted by Gasteiger charge is 2.04. The van der Waals surface area contributed by atoms with Gasteiger partial charge in [-0.2, -0.15) is 0 Å². The first-order valence-corrected chi connectivity index (χ1v) is 7.91. The van der Waals surface area contributed by atoms with Gasteiger partial charge < -0.3 is 0 Å². The predicted octanol–water partition coefficient (Wildman–Crippen LogP) is 5.48. The van der Waals surface area contributed by atoms with E-state index < -0.39 is 0 Å². The summed E-state index contributed by atoms with van der Waals surface area (Å²) in [6.07, 6.45) is 7.30. The van der Waals surface area contributed by atoms with Crippen LogP contribution in [0, 0.1) is 0 Å². The van der Waals surface area contributed by atoms with Crippen molar-refractivity contribution in [1.82, 2.24) is 9.97 Å². The summed E-state index contributed by atoms with van der Waals surface area (Å²) in [5, 5.41) is 0. The molecule has 2 aromatic heterocycles. The van der Waals surface area contributed by atoms with Gasteiger partial charge in [0.1, 0.15) is 0 Å². The topological polar surface area (TPSA) is 25.8 Å². The lowest BCUT2D eigenvalue weighted by molar-refractivity contribution is 1.33. The van der Waals surface area contributed by atoms with Crippen LogP contribution in [0.3, 0.4) is 0 Å². The molecule has 2 heterocycles. The average molecular weight is 308 g/mol. The lowest BCUT2D eigenvalue weighted by Crippen LogP contribution is -1.84. The first kappa shape index (κ1) is 14.3. The number of hydrogen-bond acceptors (Lipinski definition) is 2. The standard InChI is InChI=1S/C22H16N2/c1-3-19(17-7-11-23-12-8-17)15-21(5-1)22-6-2-4-20(16-22)18-9-13-24-14-10-18/h1-16H. The molecule has 4 rings (SSSR count). The Balaban J connectivity index is 1.75. The van der Waals surface area contributed by atoms with Crippen LogP contribution in [0.4, 0.5) is 0 Å². The maximum Gasteiger partial charge on any atom is 0.0273 e. The van der Waals surface area contributed by atoms with E-state index in [0.29, 0.717) is 0 Å². The number of aromatic nitrogens is 2. The van der Waals surface area contributed by atoms with Crippen LogP contribution in [0.5, 0.6) is 0 Å². The number of pyridine rings is 2. The molecular formula is C22H16N2. The van der Waals surface area contributed by atoms with Crippen LogP contribution in [0.2, 0.25) is 0 Å². The Labute approximate surface area is 141 Å². The number of hydrogen-bond donors (Lipinski definition) is 0. The molecule has 0 unspecified atom stereocenters. The van der Waals surface area contributed by atoms with E-state index in [4.69, 9.17) is 0 Å². The molecule has 0 bridgehead atoms. The summed E-state index contributed by atoms with van der Waals surface area (Å²) in [5.74, 6) is 0. The van der Waals surface area contributed by atoms with E-state index in [0.717, 1.165) is 0 Å². The first-order chi connectivity index (χ1) is 11.9. The van der Waals surface area contributed by atoms with Crippen LogP contribution >= 0.6 is 0 Å². The minimum atomic E-state index is 1.18. The van der Waals surface area contributed by atoms with Gasteiger partial charge in [-0.15, -0.1) is 0 Å². The molecule has 0 spiro atoms. The molecule has 0 fully saturated rings. The van der Waals surface area contributed by atoms with Gasteiger partial charge in [0.05, 0.1) is 0 Å². The van der Waals surface area contributed by atoms with Crippen LogP contribution in [0.1, 0.15) is 0 Å². The highest BCUT2D eigenvalue weighted by atomic mass is 14.6. The molecule has 4 aromatic rings. The Morgan fingerprint density at radius 1 is 0.375 bits per heavy atom. The Bertz CT molecular complexity index is 867. The molecule has 0 atom stereocenters. The average Bonchev–Trinajstić information content (AvgIpc) is 2.70. The van der Waals surface area contributed by atoms with E-state index in [-0.39, 0.29) is 0 Å². The van der Waals surface area contributed by atoms with Crippen molar-refractivity contribution in [3.63, 3.8) is 0 Å². The van der Waals surface area contributed by atoms with Gasteiger partial charge in [-0.3, -0.25) is 9.97 Å². The van der Waals surface area contributed by atoms with Crippen molar-refractivity contribution in [2.45, 2.75) is 0 Å². The molecule has 0 saturated heterocycles. The van der Waals surface area contributed by atoms with Crippen molar-refractivity contribution in [3.05, 3.63) is 97.6 Å². The second-order valence-corrected chi connectivity index (χ2v) is 5.63. The van der Waals surface area contributed by atoms with Crippen molar-refractivity contribution < 1.29 is 0 Å². The monoisotopic (exact) mass is 308 g/mol. The van der Waals surface area contributed by atoms with Gasteiger partial charge in [-0.25, -0.2) is 0 Å². The van der Waals surface area contributed by atoms with Crippen LogP contribution in [0.25, 0.3) is 33.4 Å². The minimum absolute atomic E-state index is 1.18. The van der Waals surface area contributed by atoms with Crippen LogP contribution in [-0.4, -0.2) is 9.97 Å². The summed E-state index contributed by atoms with van der Waals surface area (Å²) in [6.45, 7) is 0. The van der Waals surface area contributed by atoms with E-state index in [1.165, 1.54) is 33.4 Å². The van der Waals surface area contributed by atoms with Gasteiger partial charge in [0.2, 0.25) is 0 Å². The zero-order chi connectivity index (χ0) is 16.2. The van der Waals surface area contributed by atoms with Gasteiger partial charge in [-0.1, -0.05) is 36.4 Å². The third kappa shape index (κ3) is 2.95. The zero-order valence-electron chi connectivity index (χ0n) is 13.1. The molecule has 0 saturated carbocycles. The molecule has 2 heteroatoms. The zero-order valence-corrected chi connectivity index (χ0v) is 13.1. The number of rotatable bonds is 3. The van der Waals surface area contributed by atoms with E-state index in [1.807, 2.05) is 49.1 Å². The summed E-state index contributed by atoms with van der Waals surface area (Å²) < 4.78 is 0. The predicted molar refractivity (Wildman–Crippen MR) is 98.3 cm³/mol. The number of nitrogens with zero attached hydrogens (tertiary/aromatic N) is 2. The summed E-state index contributed by atoms with van der Waals surface area (Å²) in [5.41, 5.74) is 7.17. The van der Waals surface area contributed by atoms with Gasteiger partial charge in [0.15, 0.2) is 0 Å². The summed E-state index contributed by atoms with van der Waals surface area (Å²) in [6, 6.07) is 25.3. The highest BCUT2D eigenvalue weighted by molar-refractivity contribution is 5.76. The molecule has 24 heavy (non-hydrogen) atoms.